The lowest BCUT2D eigenvalue weighted by atomic mass is 9.88. The number of aromatic nitrogens is 3. The van der Waals surface area contributed by atoms with Crippen LogP contribution in [0.3, 0.4) is 0 Å². The van der Waals surface area contributed by atoms with Gasteiger partial charge in [-0.05, 0) is 24.6 Å². The number of carboxylic acid groups (broad SMARTS) is 1. The quantitative estimate of drug-likeness (QED) is 0.764. The lowest BCUT2D eigenvalue weighted by Crippen LogP contribution is -2.33. The Morgan fingerprint density at radius 1 is 1.24 bits per heavy atom. The van der Waals surface area contributed by atoms with Gasteiger partial charge in [-0.25, -0.2) is 4.79 Å². The standard InChI is InChI=1S/C17H18F3N3O2/c1-16(2,17(18,19)20)6-7-23-13-5-4-10(15(24)25)8-11(13)12-9-22(3)21-14(12)23/h4-5,8-9H,6-7H2,1-3H3,(H,24,25). The summed E-state index contributed by atoms with van der Waals surface area (Å²) in [6.07, 6.45) is -2.66. The first-order valence-corrected chi connectivity index (χ1v) is 7.77. The summed E-state index contributed by atoms with van der Waals surface area (Å²) in [4.78, 5) is 11.2. The van der Waals surface area contributed by atoms with E-state index < -0.39 is 17.6 Å². The second kappa shape index (κ2) is 5.50. The van der Waals surface area contributed by atoms with Crippen molar-refractivity contribution < 1.29 is 23.1 Å². The minimum Gasteiger partial charge on any atom is -0.478 e. The van der Waals surface area contributed by atoms with Crippen LogP contribution in [0.25, 0.3) is 21.9 Å². The van der Waals surface area contributed by atoms with Crippen LogP contribution in [0, 0.1) is 5.41 Å². The van der Waals surface area contributed by atoms with Gasteiger partial charge >= 0.3 is 12.1 Å². The van der Waals surface area contributed by atoms with Crippen molar-refractivity contribution in [2.24, 2.45) is 12.5 Å². The number of alkyl halides is 3. The molecule has 2 heterocycles. The Hall–Kier alpha value is -2.51. The second-order valence-electron chi connectivity index (χ2n) is 6.86. The largest absolute Gasteiger partial charge is 0.478 e. The molecule has 1 N–H and O–H groups in total. The van der Waals surface area contributed by atoms with E-state index in [9.17, 15) is 23.1 Å². The highest BCUT2D eigenvalue weighted by Crippen LogP contribution is 2.41. The molecule has 0 bridgehead atoms. The third-order valence-electron chi connectivity index (χ3n) is 4.62. The van der Waals surface area contributed by atoms with Crippen LogP contribution in [-0.4, -0.2) is 31.6 Å². The Labute approximate surface area is 141 Å². The first-order chi connectivity index (χ1) is 11.5. The Kier molecular flexibility index (Phi) is 3.81. The van der Waals surface area contributed by atoms with Crippen molar-refractivity contribution in [2.75, 3.05) is 0 Å². The van der Waals surface area contributed by atoms with Crippen LogP contribution in [0.4, 0.5) is 13.2 Å². The van der Waals surface area contributed by atoms with Crippen LogP contribution >= 0.6 is 0 Å². The molecule has 0 amide bonds. The number of carboxylic acids is 1. The van der Waals surface area contributed by atoms with E-state index in [0.717, 1.165) is 5.39 Å². The average Bonchev–Trinajstić information content (AvgIpc) is 2.99. The molecule has 0 aliphatic carbocycles. The van der Waals surface area contributed by atoms with Crippen LogP contribution in [-0.2, 0) is 13.6 Å². The highest BCUT2D eigenvalue weighted by Gasteiger charge is 2.46. The van der Waals surface area contributed by atoms with Gasteiger partial charge in [-0.1, -0.05) is 13.8 Å². The fourth-order valence-electron chi connectivity index (χ4n) is 2.86. The fourth-order valence-corrected chi connectivity index (χ4v) is 2.86. The number of halogens is 3. The number of aryl methyl sites for hydroxylation is 2. The van der Waals surface area contributed by atoms with E-state index in [1.165, 1.54) is 26.0 Å². The van der Waals surface area contributed by atoms with Gasteiger partial charge in [-0.15, -0.1) is 0 Å². The number of hydrogen-bond donors (Lipinski definition) is 1. The zero-order chi connectivity index (χ0) is 18.6. The van der Waals surface area contributed by atoms with Crippen molar-refractivity contribution in [3.63, 3.8) is 0 Å². The number of aromatic carboxylic acids is 1. The highest BCUT2D eigenvalue weighted by atomic mass is 19.4. The van der Waals surface area contributed by atoms with Crippen LogP contribution in [0.1, 0.15) is 30.6 Å². The van der Waals surface area contributed by atoms with E-state index in [2.05, 4.69) is 5.10 Å². The molecule has 0 spiro atoms. The molecule has 0 unspecified atom stereocenters. The summed E-state index contributed by atoms with van der Waals surface area (Å²) in [5.74, 6) is -1.05. The molecule has 25 heavy (non-hydrogen) atoms. The molecule has 0 fully saturated rings. The molecule has 3 rings (SSSR count). The van der Waals surface area contributed by atoms with Gasteiger partial charge in [0, 0.05) is 30.6 Å². The molecule has 5 nitrogen and oxygen atoms in total. The van der Waals surface area contributed by atoms with Crippen LogP contribution in [0.2, 0.25) is 0 Å². The Bertz CT molecular complexity index is 967. The van der Waals surface area contributed by atoms with Crippen LogP contribution in [0.15, 0.2) is 24.4 Å². The Balaban J connectivity index is 2.11. The molecule has 0 radical (unpaired) electrons. The first-order valence-electron chi connectivity index (χ1n) is 7.77. The molecule has 8 heteroatoms. The fraction of sp³-hybridized carbons (Fsp3) is 0.412. The number of carbonyl (C=O) groups is 1. The molecule has 0 aliphatic rings. The van der Waals surface area contributed by atoms with Crippen molar-refractivity contribution in [2.45, 2.75) is 33.0 Å². The van der Waals surface area contributed by atoms with Crippen molar-refractivity contribution in [3.8, 4) is 0 Å². The van der Waals surface area contributed by atoms with Crippen LogP contribution < -0.4 is 0 Å². The zero-order valence-electron chi connectivity index (χ0n) is 14.1. The summed E-state index contributed by atoms with van der Waals surface area (Å²) in [6, 6.07) is 4.61. The maximum absolute atomic E-state index is 13.1. The first kappa shape index (κ1) is 17.3. The van der Waals surface area contributed by atoms with Crippen molar-refractivity contribution in [3.05, 3.63) is 30.0 Å². The highest BCUT2D eigenvalue weighted by molar-refractivity contribution is 6.08. The SMILES string of the molecule is Cn1cc2c3cc(C(=O)O)ccc3n(CCC(C)(C)C(F)(F)F)c2n1. The molecule has 0 saturated carbocycles. The second-order valence-corrected chi connectivity index (χ2v) is 6.86. The van der Waals surface area contributed by atoms with Gasteiger partial charge in [0.2, 0.25) is 0 Å². The summed E-state index contributed by atoms with van der Waals surface area (Å²) in [5, 5.41) is 14.9. The number of benzene rings is 1. The van der Waals surface area contributed by atoms with Gasteiger partial charge in [0.1, 0.15) is 0 Å². The minimum atomic E-state index is -4.30. The topological polar surface area (TPSA) is 60.1 Å². The van der Waals surface area contributed by atoms with Gasteiger partial charge in [0.15, 0.2) is 5.65 Å². The molecule has 3 aromatic rings. The molecule has 0 saturated heterocycles. The van der Waals surface area contributed by atoms with E-state index in [4.69, 9.17) is 0 Å². The summed E-state index contributed by atoms with van der Waals surface area (Å²) < 4.78 is 42.7. The van der Waals surface area contributed by atoms with E-state index in [1.54, 1.807) is 28.6 Å². The third kappa shape index (κ3) is 2.85. The van der Waals surface area contributed by atoms with Gasteiger partial charge in [0.05, 0.1) is 16.5 Å². The molecule has 134 valence electrons. The van der Waals surface area contributed by atoms with E-state index in [1.807, 2.05) is 0 Å². The molecular formula is C17H18F3N3O2. The van der Waals surface area contributed by atoms with Gasteiger partial charge in [-0.2, -0.15) is 18.3 Å². The minimum absolute atomic E-state index is 0.105. The molecule has 2 aromatic heterocycles. The average molecular weight is 353 g/mol. The van der Waals surface area contributed by atoms with E-state index in [0.29, 0.717) is 16.6 Å². The Morgan fingerprint density at radius 2 is 1.92 bits per heavy atom. The van der Waals surface area contributed by atoms with E-state index in [-0.39, 0.29) is 18.5 Å². The zero-order valence-corrected chi connectivity index (χ0v) is 14.1. The predicted octanol–water partition coefficient (Wildman–Crippen LogP) is 4.20. The van der Waals surface area contributed by atoms with Gasteiger partial charge in [-0.3, -0.25) is 4.68 Å². The van der Waals surface area contributed by atoms with Gasteiger partial charge in [0.25, 0.3) is 0 Å². The smallest absolute Gasteiger partial charge is 0.394 e. The molecular weight excluding hydrogens is 335 g/mol. The normalized spacial score (nSPS) is 13.0. The lowest BCUT2D eigenvalue weighted by Gasteiger charge is -2.27. The third-order valence-corrected chi connectivity index (χ3v) is 4.62. The maximum Gasteiger partial charge on any atom is 0.394 e. The van der Waals surface area contributed by atoms with Crippen molar-refractivity contribution in [1.29, 1.82) is 0 Å². The van der Waals surface area contributed by atoms with Crippen molar-refractivity contribution >= 4 is 27.9 Å². The number of fused-ring (bicyclic) bond motifs is 3. The predicted molar refractivity (Wildman–Crippen MR) is 87.6 cm³/mol. The number of hydrogen-bond acceptors (Lipinski definition) is 2. The van der Waals surface area contributed by atoms with Crippen LogP contribution in [0.5, 0.6) is 0 Å². The summed E-state index contributed by atoms with van der Waals surface area (Å²) in [5.41, 5.74) is -0.462. The number of rotatable bonds is 4. The maximum atomic E-state index is 13.1. The molecule has 0 aliphatic heterocycles. The molecule has 0 atom stereocenters. The lowest BCUT2D eigenvalue weighted by molar-refractivity contribution is -0.214. The summed E-state index contributed by atoms with van der Waals surface area (Å²) in [6.45, 7) is 2.49. The van der Waals surface area contributed by atoms with E-state index >= 15 is 0 Å². The monoisotopic (exact) mass is 353 g/mol. The summed E-state index contributed by atoms with van der Waals surface area (Å²) >= 11 is 0. The van der Waals surface area contributed by atoms with Crippen molar-refractivity contribution in [1.82, 2.24) is 14.3 Å². The Morgan fingerprint density at radius 3 is 2.52 bits per heavy atom. The van der Waals surface area contributed by atoms with Gasteiger partial charge < -0.3 is 9.67 Å². The number of nitrogens with zero attached hydrogens (tertiary/aromatic N) is 3. The summed E-state index contributed by atoms with van der Waals surface area (Å²) in [7, 11) is 1.72. The molecule has 1 aromatic carbocycles.